The summed E-state index contributed by atoms with van der Waals surface area (Å²) in [5.41, 5.74) is 1.48. The van der Waals surface area contributed by atoms with Gasteiger partial charge in [0, 0.05) is 23.6 Å². The van der Waals surface area contributed by atoms with Crippen molar-refractivity contribution in [2.75, 3.05) is 5.32 Å². The van der Waals surface area contributed by atoms with E-state index in [2.05, 4.69) is 20.5 Å². The number of hydrogen-bond acceptors (Lipinski definition) is 3. The lowest BCUT2D eigenvalue weighted by molar-refractivity contribution is 0.102. The molecule has 0 bridgehead atoms. The minimum absolute atomic E-state index is 0.238. The van der Waals surface area contributed by atoms with Crippen molar-refractivity contribution < 1.29 is 4.79 Å². The number of rotatable bonds is 3. The van der Waals surface area contributed by atoms with Crippen LogP contribution in [0.2, 0.25) is 0 Å². The number of benzene rings is 1. The van der Waals surface area contributed by atoms with Crippen LogP contribution in [0.4, 0.5) is 5.95 Å². The molecule has 0 saturated carbocycles. The minimum atomic E-state index is -0.238. The van der Waals surface area contributed by atoms with E-state index in [0.29, 0.717) is 11.4 Å². The lowest BCUT2D eigenvalue weighted by Crippen LogP contribution is -2.13. The molecule has 100 valence electrons. The predicted molar refractivity (Wildman–Crippen MR) is 74.8 cm³/mol. The van der Waals surface area contributed by atoms with Gasteiger partial charge in [-0.1, -0.05) is 6.07 Å². The van der Waals surface area contributed by atoms with Crippen LogP contribution in [-0.4, -0.2) is 25.7 Å². The molecule has 2 N–H and O–H groups in total. The van der Waals surface area contributed by atoms with Crippen LogP contribution in [0.15, 0.2) is 48.8 Å². The van der Waals surface area contributed by atoms with Crippen molar-refractivity contribution >= 4 is 11.9 Å². The summed E-state index contributed by atoms with van der Waals surface area (Å²) >= 11 is 0. The maximum absolute atomic E-state index is 12.1. The molecule has 2 heterocycles. The molecule has 6 heteroatoms. The number of aromatic amines is 1. The van der Waals surface area contributed by atoms with Crippen molar-refractivity contribution in [3.63, 3.8) is 0 Å². The first-order valence-corrected chi connectivity index (χ1v) is 6.16. The van der Waals surface area contributed by atoms with Crippen molar-refractivity contribution in [2.45, 2.75) is 6.92 Å². The summed E-state index contributed by atoms with van der Waals surface area (Å²) in [6, 6.07) is 11.2. The minimum Gasteiger partial charge on any atom is -0.324 e. The molecule has 0 aliphatic carbocycles. The zero-order valence-corrected chi connectivity index (χ0v) is 10.9. The Bertz CT molecular complexity index is 730. The van der Waals surface area contributed by atoms with E-state index in [9.17, 15) is 4.79 Å². The summed E-state index contributed by atoms with van der Waals surface area (Å²) in [6.07, 6.45) is 3.85. The second-order valence-corrected chi connectivity index (χ2v) is 4.34. The fourth-order valence-corrected chi connectivity index (χ4v) is 1.89. The van der Waals surface area contributed by atoms with Crippen LogP contribution in [-0.2, 0) is 0 Å². The molecule has 0 aliphatic rings. The predicted octanol–water partition coefficient (Wildman–Crippen LogP) is 2.16. The number of H-pyrrole nitrogens is 1. The summed E-state index contributed by atoms with van der Waals surface area (Å²) in [4.78, 5) is 16.2. The third-order valence-corrected chi connectivity index (χ3v) is 2.83. The highest BCUT2D eigenvalue weighted by molar-refractivity contribution is 6.03. The van der Waals surface area contributed by atoms with Gasteiger partial charge in [0.2, 0.25) is 5.95 Å². The standard InChI is InChI=1S/C14H13N5O/c1-10-15-14(18-17-10)16-13(20)11-5-4-6-12(9-11)19-7-2-3-8-19/h2-9H,1H3,(H2,15,16,17,18,20). The Morgan fingerprint density at radius 2 is 2.05 bits per heavy atom. The van der Waals surface area contributed by atoms with Gasteiger partial charge in [0.05, 0.1) is 0 Å². The first-order valence-electron chi connectivity index (χ1n) is 6.16. The van der Waals surface area contributed by atoms with Gasteiger partial charge < -0.3 is 4.57 Å². The summed E-state index contributed by atoms with van der Waals surface area (Å²) in [5, 5.41) is 9.21. The fraction of sp³-hybridized carbons (Fsp3) is 0.0714. The third kappa shape index (κ3) is 2.44. The quantitative estimate of drug-likeness (QED) is 0.763. The molecule has 6 nitrogen and oxygen atoms in total. The van der Waals surface area contributed by atoms with E-state index in [0.717, 1.165) is 5.69 Å². The van der Waals surface area contributed by atoms with Gasteiger partial charge in [0.25, 0.3) is 5.91 Å². The van der Waals surface area contributed by atoms with Gasteiger partial charge in [-0.3, -0.25) is 15.2 Å². The van der Waals surface area contributed by atoms with Gasteiger partial charge in [0.1, 0.15) is 5.82 Å². The van der Waals surface area contributed by atoms with Crippen molar-refractivity contribution in [1.29, 1.82) is 0 Å². The second kappa shape index (κ2) is 5.00. The van der Waals surface area contributed by atoms with Crippen LogP contribution in [0.5, 0.6) is 0 Å². The van der Waals surface area contributed by atoms with Gasteiger partial charge in [-0.15, -0.1) is 5.10 Å². The van der Waals surface area contributed by atoms with Gasteiger partial charge in [-0.05, 0) is 37.3 Å². The molecule has 1 aromatic carbocycles. The fourth-order valence-electron chi connectivity index (χ4n) is 1.89. The zero-order chi connectivity index (χ0) is 13.9. The number of aromatic nitrogens is 4. The molecule has 0 fully saturated rings. The molecule has 20 heavy (non-hydrogen) atoms. The summed E-state index contributed by atoms with van der Waals surface area (Å²) in [7, 11) is 0. The Labute approximate surface area is 115 Å². The summed E-state index contributed by atoms with van der Waals surface area (Å²) < 4.78 is 1.94. The molecule has 3 rings (SSSR count). The number of nitrogens with zero attached hydrogens (tertiary/aromatic N) is 3. The van der Waals surface area contributed by atoms with Gasteiger partial charge in [0.15, 0.2) is 0 Å². The Balaban J connectivity index is 1.83. The van der Waals surface area contributed by atoms with Gasteiger partial charge >= 0.3 is 0 Å². The molecule has 0 unspecified atom stereocenters. The molecule has 2 aromatic heterocycles. The van der Waals surface area contributed by atoms with Crippen LogP contribution >= 0.6 is 0 Å². The van der Waals surface area contributed by atoms with Crippen molar-refractivity contribution in [1.82, 2.24) is 19.7 Å². The van der Waals surface area contributed by atoms with E-state index in [1.165, 1.54) is 0 Å². The smallest absolute Gasteiger partial charge is 0.258 e. The van der Waals surface area contributed by atoms with E-state index >= 15 is 0 Å². The maximum atomic E-state index is 12.1. The summed E-state index contributed by atoms with van der Waals surface area (Å²) in [6.45, 7) is 1.77. The van der Waals surface area contributed by atoms with E-state index in [1.54, 1.807) is 13.0 Å². The molecule has 0 radical (unpaired) electrons. The molecular formula is C14H13N5O. The number of hydrogen-bond donors (Lipinski definition) is 2. The number of amides is 1. The van der Waals surface area contributed by atoms with Crippen molar-refractivity contribution in [3.8, 4) is 5.69 Å². The Morgan fingerprint density at radius 1 is 1.25 bits per heavy atom. The maximum Gasteiger partial charge on any atom is 0.258 e. The Kier molecular flexibility index (Phi) is 3.04. The van der Waals surface area contributed by atoms with Crippen LogP contribution in [0.1, 0.15) is 16.2 Å². The molecule has 1 amide bonds. The lowest BCUT2D eigenvalue weighted by atomic mass is 10.2. The highest BCUT2D eigenvalue weighted by Gasteiger charge is 2.09. The van der Waals surface area contributed by atoms with Crippen LogP contribution < -0.4 is 5.32 Å². The Hall–Kier alpha value is -2.89. The van der Waals surface area contributed by atoms with E-state index in [4.69, 9.17) is 0 Å². The van der Waals surface area contributed by atoms with Gasteiger partial charge in [-0.2, -0.15) is 4.98 Å². The van der Waals surface area contributed by atoms with Gasteiger partial charge in [-0.25, -0.2) is 0 Å². The van der Waals surface area contributed by atoms with Crippen molar-refractivity contribution in [3.05, 3.63) is 60.2 Å². The molecule has 3 aromatic rings. The highest BCUT2D eigenvalue weighted by Crippen LogP contribution is 2.12. The molecule has 0 spiro atoms. The molecule has 0 saturated heterocycles. The Morgan fingerprint density at radius 3 is 2.75 bits per heavy atom. The molecular weight excluding hydrogens is 254 g/mol. The van der Waals surface area contributed by atoms with Crippen molar-refractivity contribution in [2.24, 2.45) is 0 Å². The average Bonchev–Trinajstić information content (AvgIpc) is 3.11. The van der Waals surface area contributed by atoms with E-state index in [-0.39, 0.29) is 11.9 Å². The third-order valence-electron chi connectivity index (χ3n) is 2.83. The zero-order valence-electron chi connectivity index (χ0n) is 10.9. The number of anilines is 1. The highest BCUT2D eigenvalue weighted by atomic mass is 16.1. The van der Waals surface area contributed by atoms with Crippen LogP contribution in [0.25, 0.3) is 5.69 Å². The normalized spacial score (nSPS) is 10.4. The number of aryl methyl sites for hydroxylation is 1. The average molecular weight is 267 g/mol. The van der Waals surface area contributed by atoms with E-state index < -0.39 is 0 Å². The lowest BCUT2D eigenvalue weighted by Gasteiger charge is -2.05. The number of carbonyl (C=O) groups is 1. The molecule has 0 aliphatic heterocycles. The van der Waals surface area contributed by atoms with E-state index in [1.807, 2.05) is 47.3 Å². The largest absolute Gasteiger partial charge is 0.324 e. The van der Waals surface area contributed by atoms with Crippen LogP contribution in [0, 0.1) is 6.92 Å². The number of nitrogens with one attached hydrogen (secondary N) is 2. The number of carbonyl (C=O) groups excluding carboxylic acids is 1. The molecule has 0 atom stereocenters. The monoisotopic (exact) mass is 267 g/mol. The second-order valence-electron chi connectivity index (χ2n) is 4.34. The summed E-state index contributed by atoms with van der Waals surface area (Å²) in [5.74, 6) is 0.693. The first kappa shape index (κ1) is 12.2. The SMILES string of the molecule is Cc1nc(NC(=O)c2cccc(-n3cccc3)c2)n[nH]1. The topological polar surface area (TPSA) is 75.6 Å². The first-order chi connectivity index (χ1) is 9.72. The van der Waals surface area contributed by atoms with Crippen LogP contribution in [0.3, 0.4) is 0 Å².